The first-order valence-corrected chi connectivity index (χ1v) is 9.20. The maximum atomic E-state index is 5.42. The summed E-state index contributed by atoms with van der Waals surface area (Å²) in [6.45, 7) is 4.61. The molecule has 1 atom stereocenters. The molecule has 2 aliphatic rings. The van der Waals surface area contributed by atoms with Crippen molar-refractivity contribution < 1.29 is 4.42 Å². The number of furan rings is 1. The highest BCUT2D eigenvalue weighted by molar-refractivity contribution is 7.13. The minimum atomic E-state index is 0. The van der Waals surface area contributed by atoms with Crippen LogP contribution in [-0.2, 0) is 6.54 Å². The summed E-state index contributed by atoms with van der Waals surface area (Å²) < 4.78 is 5.42. The first kappa shape index (κ1) is 17.0. The van der Waals surface area contributed by atoms with Gasteiger partial charge in [-0.3, -0.25) is 4.90 Å². The van der Waals surface area contributed by atoms with E-state index in [1.807, 2.05) is 12.1 Å². The second-order valence-electron chi connectivity index (χ2n) is 6.44. The average molecular weight is 354 g/mol. The highest BCUT2D eigenvalue weighted by Crippen LogP contribution is 2.28. The summed E-state index contributed by atoms with van der Waals surface area (Å²) in [7, 11) is 0. The Kier molecular flexibility index (Phi) is 5.75. The Labute approximate surface area is 147 Å². The lowest BCUT2D eigenvalue weighted by atomic mass is 9.88. The molecule has 4 nitrogen and oxygen atoms in total. The average Bonchev–Trinajstić information content (AvgIpc) is 3.30. The smallest absolute Gasteiger partial charge is 0.162 e. The van der Waals surface area contributed by atoms with E-state index in [4.69, 9.17) is 9.40 Å². The van der Waals surface area contributed by atoms with Crippen molar-refractivity contribution in [1.82, 2.24) is 15.2 Å². The summed E-state index contributed by atoms with van der Waals surface area (Å²) in [4.78, 5) is 7.26. The van der Waals surface area contributed by atoms with Crippen LogP contribution in [0.25, 0.3) is 10.8 Å². The third kappa shape index (κ3) is 3.97. The molecule has 2 fully saturated rings. The fourth-order valence-electron chi connectivity index (χ4n) is 3.75. The maximum absolute atomic E-state index is 5.42. The zero-order chi connectivity index (χ0) is 14.8. The number of piperidine rings is 1. The molecular formula is C17H24ClN3OS. The molecule has 0 saturated carbocycles. The summed E-state index contributed by atoms with van der Waals surface area (Å²) in [6, 6.07) is 4.67. The van der Waals surface area contributed by atoms with Crippen LogP contribution in [-0.4, -0.2) is 35.6 Å². The number of halogens is 1. The molecule has 2 aromatic heterocycles. The van der Waals surface area contributed by atoms with Crippen LogP contribution in [0.3, 0.4) is 0 Å². The molecule has 0 spiro atoms. The molecule has 1 unspecified atom stereocenters. The van der Waals surface area contributed by atoms with Crippen molar-refractivity contribution in [2.75, 3.05) is 19.6 Å². The Balaban J connectivity index is 0.00000156. The van der Waals surface area contributed by atoms with E-state index in [2.05, 4.69) is 15.6 Å². The van der Waals surface area contributed by atoms with Gasteiger partial charge in [0.05, 0.1) is 12.0 Å². The van der Waals surface area contributed by atoms with Gasteiger partial charge in [-0.2, -0.15) is 0 Å². The summed E-state index contributed by atoms with van der Waals surface area (Å²) in [5.41, 5.74) is 1.17. The molecule has 1 N–H and O–H groups in total. The zero-order valence-electron chi connectivity index (χ0n) is 13.2. The number of thiazole rings is 1. The minimum absolute atomic E-state index is 0. The molecular weight excluding hydrogens is 330 g/mol. The van der Waals surface area contributed by atoms with Crippen molar-refractivity contribution in [3.05, 3.63) is 29.5 Å². The molecule has 0 bridgehead atoms. The lowest BCUT2D eigenvalue weighted by Gasteiger charge is -2.34. The molecule has 6 heteroatoms. The monoisotopic (exact) mass is 353 g/mol. The number of likely N-dealkylation sites (tertiary alicyclic amines) is 1. The van der Waals surface area contributed by atoms with Crippen LogP contribution in [0.15, 0.2) is 28.2 Å². The summed E-state index contributed by atoms with van der Waals surface area (Å²) in [6.07, 6.45) is 7.10. The van der Waals surface area contributed by atoms with E-state index in [-0.39, 0.29) is 12.4 Å². The Morgan fingerprint density at radius 2 is 2.17 bits per heavy atom. The standard InChI is InChI=1S/C17H23N3OS.ClH/c1-3-15(18-7-1)13-5-8-20(9-6-13)11-14-12-22-17(19-14)16-4-2-10-21-16;/h2,4,10,12-13,15,18H,1,3,5-9,11H2;1H. The highest BCUT2D eigenvalue weighted by Gasteiger charge is 2.28. The lowest BCUT2D eigenvalue weighted by molar-refractivity contribution is 0.156. The highest BCUT2D eigenvalue weighted by atomic mass is 35.5. The number of hydrogen-bond acceptors (Lipinski definition) is 5. The summed E-state index contributed by atoms with van der Waals surface area (Å²) in [5.74, 6) is 1.76. The molecule has 4 rings (SSSR count). The van der Waals surface area contributed by atoms with Crippen molar-refractivity contribution in [3.8, 4) is 10.8 Å². The van der Waals surface area contributed by atoms with Crippen molar-refractivity contribution in [3.63, 3.8) is 0 Å². The van der Waals surface area contributed by atoms with Gasteiger partial charge < -0.3 is 9.73 Å². The molecule has 0 radical (unpaired) electrons. The van der Waals surface area contributed by atoms with Crippen LogP contribution in [0.1, 0.15) is 31.4 Å². The minimum Gasteiger partial charge on any atom is -0.462 e. The van der Waals surface area contributed by atoms with E-state index in [1.54, 1.807) is 17.6 Å². The Morgan fingerprint density at radius 3 is 2.87 bits per heavy atom. The van der Waals surface area contributed by atoms with Gasteiger partial charge in [0.15, 0.2) is 10.8 Å². The van der Waals surface area contributed by atoms with Crippen molar-refractivity contribution >= 4 is 23.7 Å². The molecule has 0 aromatic carbocycles. The molecule has 23 heavy (non-hydrogen) atoms. The van der Waals surface area contributed by atoms with Gasteiger partial charge >= 0.3 is 0 Å². The van der Waals surface area contributed by atoms with Gasteiger partial charge in [0, 0.05) is 18.0 Å². The molecule has 2 saturated heterocycles. The predicted octanol–water partition coefficient (Wildman–Crippen LogP) is 3.79. The van der Waals surface area contributed by atoms with E-state index < -0.39 is 0 Å². The maximum Gasteiger partial charge on any atom is 0.162 e. The van der Waals surface area contributed by atoms with E-state index in [9.17, 15) is 0 Å². The normalized spacial score (nSPS) is 23.0. The SMILES string of the molecule is Cl.c1coc(-c2nc(CN3CCC(C4CCCN4)CC3)cs2)c1. The fraction of sp³-hybridized carbons (Fsp3) is 0.588. The van der Waals surface area contributed by atoms with Crippen LogP contribution in [0, 0.1) is 5.92 Å². The van der Waals surface area contributed by atoms with Crippen LogP contribution in [0.2, 0.25) is 0 Å². The first-order chi connectivity index (χ1) is 10.9. The number of nitrogens with zero attached hydrogens (tertiary/aromatic N) is 2. The van der Waals surface area contributed by atoms with Crippen LogP contribution < -0.4 is 5.32 Å². The first-order valence-electron chi connectivity index (χ1n) is 8.32. The number of hydrogen-bond donors (Lipinski definition) is 1. The number of nitrogens with one attached hydrogen (secondary N) is 1. The second kappa shape index (κ2) is 7.79. The van der Waals surface area contributed by atoms with Gasteiger partial charge in [0.25, 0.3) is 0 Å². The van der Waals surface area contributed by atoms with E-state index in [1.165, 1.54) is 51.0 Å². The molecule has 2 aromatic rings. The van der Waals surface area contributed by atoms with Gasteiger partial charge in [-0.1, -0.05) is 0 Å². The van der Waals surface area contributed by atoms with Crippen LogP contribution in [0.5, 0.6) is 0 Å². The topological polar surface area (TPSA) is 41.3 Å². The molecule has 2 aliphatic heterocycles. The van der Waals surface area contributed by atoms with Gasteiger partial charge in [-0.15, -0.1) is 23.7 Å². The van der Waals surface area contributed by atoms with E-state index >= 15 is 0 Å². The summed E-state index contributed by atoms with van der Waals surface area (Å²) in [5, 5.41) is 6.83. The van der Waals surface area contributed by atoms with Crippen molar-refractivity contribution in [2.45, 2.75) is 38.3 Å². The predicted molar refractivity (Wildman–Crippen MR) is 96.1 cm³/mol. The second-order valence-corrected chi connectivity index (χ2v) is 7.30. The molecule has 126 valence electrons. The van der Waals surface area contributed by atoms with E-state index in [0.29, 0.717) is 0 Å². The Bertz CT molecular complexity index is 587. The summed E-state index contributed by atoms with van der Waals surface area (Å²) >= 11 is 1.68. The van der Waals surface area contributed by atoms with Crippen molar-refractivity contribution in [2.24, 2.45) is 5.92 Å². The number of aromatic nitrogens is 1. The quantitative estimate of drug-likeness (QED) is 0.908. The van der Waals surface area contributed by atoms with Gasteiger partial charge in [0.1, 0.15) is 0 Å². The number of rotatable bonds is 4. The Morgan fingerprint density at radius 1 is 1.30 bits per heavy atom. The van der Waals surface area contributed by atoms with Crippen molar-refractivity contribution in [1.29, 1.82) is 0 Å². The van der Waals surface area contributed by atoms with E-state index in [0.717, 1.165) is 29.3 Å². The van der Waals surface area contributed by atoms with Gasteiger partial charge in [0.2, 0.25) is 0 Å². The third-order valence-corrected chi connectivity index (χ3v) is 5.87. The Hall–Kier alpha value is -0.880. The molecule has 4 heterocycles. The molecule has 0 aliphatic carbocycles. The van der Waals surface area contributed by atoms with Crippen LogP contribution >= 0.6 is 23.7 Å². The fourth-order valence-corrected chi connectivity index (χ4v) is 4.53. The van der Waals surface area contributed by atoms with Gasteiger partial charge in [-0.05, 0) is 63.4 Å². The largest absolute Gasteiger partial charge is 0.462 e. The third-order valence-electron chi connectivity index (χ3n) is 4.97. The molecule has 0 amide bonds. The lowest BCUT2D eigenvalue weighted by Crippen LogP contribution is -2.40. The zero-order valence-corrected chi connectivity index (χ0v) is 14.9. The van der Waals surface area contributed by atoms with Gasteiger partial charge in [-0.25, -0.2) is 4.98 Å². The van der Waals surface area contributed by atoms with Crippen LogP contribution in [0.4, 0.5) is 0 Å².